The first-order valence-electron chi connectivity index (χ1n) is 7.66. The summed E-state index contributed by atoms with van der Waals surface area (Å²) in [6, 6.07) is 6.96. The number of benzene rings is 1. The zero-order valence-electron chi connectivity index (χ0n) is 13.4. The van der Waals surface area contributed by atoms with Crippen LogP contribution in [0.2, 0.25) is 0 Å². The molecule has 24 heavy (non-hydrogen) atoms. The molecule has 0 amide bonds. The van der Waals surface area contributed by atoms with Gasteiger partial charge >= 0.3 is 0 Å². The lowest BCUT2D eigenvalue weighted by Gasteiger charge is -2.34. The molecule has 1 saturated carbocycles. The second kappa shape index (κ2) is 7.08. The van der Waals surface area contributed by atoms with Crippen LogP contribution in [0.1, 0.15) is 38.4 Å². The molecular weight excluding hydrogens is 352 g/mol. The van der Waals surface area contributed by atoms with E-state index in [2.05, 4.69) is 14.9 Å². The Balaban J connectivity index is 0.00000208. The average Bonchev–Trinajstić information content (AvgIpc) is 2.94. The van der Waals surface area contributed by atoms with Crippen LogP contribution in [-0.4, -0.2) is 24.3 Å². The summed E-state index contributed by atoms with van der Waals surface area (Å²) in [5.41, 5.74) is 6.66. The van der Waals surface area contributed by atoms with E-state index in [1.54, 1.807) is 24.3 Å². The monoisotopic (exact) mass is 372 g/mol. The Morgan fingerprint density at radius 1 is 1.33 bits per heavy atom. The van der Waals surface area contributed by atoms with Gasteiger partial charge in [0.05, 0.1) is 22.5 Å². The summed E-state index contributed by atoms with van der Waals surface area (Å²) in [5, 5.41) is 3.97. The molecule has 0 aliphatic heterocycles. The summed E-state index contributed by atoms with van der Waals surface area (Å²) >= 11 is 0. The highest BCUT2D eigenvalue weighted by atomic mass is 35.5. The first-order chi connectivity index (χ1) is 10.9. The second-order valence-electron chi connectivity index (χ2n) is 5.90. The van der Waals surface area contributed by atoms with Crippen LogP contribution in [0.3, 0.4) is 0 Å². The number of hydrogen-bond acceptors (Lipinski definition) is 6. The molecule has 7 nitrogen and oxygen atoms in total. The van der Waals surface area contributed by atoms with Crippen molar-refractivity contribution in [3.05, 3.63) is 30.1 Å². The number of rotatable bonds is 6. The molecule has 1 heterocycles. The standard InChI is InChI=1S/C15H20N4O3S.ClH/c1-2-10-23(20,21)19-12-7-4-3-6-11(12)13-17-14(18-22-13)15(16)8-5-9-15;/h3-4,6-7,19H,2,5,8-10,16H2,1H3;1H. The van der Waals surface area contributed by atoms with Crippen molar-refractivity contribution in [1.82, 2.24) is 10.1 Å². The Hall–Kier alpha value is -1.64. The van der Waals surface area contributed by atoms with Crippen LogP contribution in [0.15, 0.2) is 28.8 Å². The SMILES string of the molecule is CCCS(=O)(=O)Nc1ccccc1-c1nc(C2(N)CCC2)no1.Cl. The number of nitrogens with one attached hydrogen (secondary N) is 1. The van der Waals surface area contributed by atoms with Gasteiger partial charge in [-0.25, -0.2) is 8.42 Å². The third-order valence-corrected chi connectivity index (χ3v) is 5.49. The third-order valence-electron chi connectivity index (χ3n) is 4.01. The zero-order chi connectivity index (χ0) is 16.5. The van der Waals surface area contributed by atoms with E-state index in [-0.39, 0.29) is 24.1 Å². The molecule has 1 aliphatic rings. The molecule has 3 rings (SSSR count). The second-order valence-corrected chi connectivity index (χ2v) is 7.74. The molecule has 2 aromatic rings. The molecule has 0 saturated heterocycles. The lowest BCUT2D eigenvalue weighted by atomic mass is 9.77. The highest BCUT2D eigenvalue weighted by Crippen LogP contribution is 2.38. The van der Waals surface area contributed by atoms with Crippen molar-refractivity contribution >= 4 is 28.1 Å². The fourth-order valence-electron chi connectivity index (χ4n) is 2.56. The summed E-state index contributed by atoms with van der Waals surface area (Å²) in [5.74, 6) is 0.805. The number of nitrogens with zero attached hydrogens (tertiary/aromatic N) is 2. The maximum absolute atomic E-state index is 12.0. The van der Waals surface area contributed by atoms with E-state index in [9.17, 15) is 8.42 Å². The van der Waals surface area contributed by atoms with Crippen molar-refractivity contribution in [2.24, 2.45) is 5.73 Å². The summed E-state index contributed by atoms with van der Waals surface area (Å²) < 4.78 is 31.9. The number of aromatic nitrogens is 2. The molecule has 3 N–H and O–H groups in total. The summed E-state index contributed by atoms with van der Waals surface area (Å²) in [6.45, 7) is 1.81. The van der Waals surface area contributed by atoms with Crippen LogP contribution in [-0.2, 0) is 15.6 Å². The van der Waals surface area contributed by atoms with Gasteiger partial charge < -0.3 is 10.3 Å². The van der Waals surface area contributed by atoms with Gasteiger partial charge in [-0.3, -0.25) is 4.72 Å². The summed E-state index contributed by atoms with van der Waals surface area (Å²) in [7, 11) is -3.39. The van der Waals surface area contributed by atoms with Gasteiger partial charge in [-0.05, 0) is 37.8 Å². The van der Waals surface area contributed by atoms with Gasteiger partial charge in [0, 0.05) is 0 Å². The predicted octanol–water partition coefficient (Wildman–Crippen LogP) is 2.65. The average molecular weight is 373 g/mol. The molecule has 0 spiro atoms. The van der Waals surface area contributed by atoms with Crippen LogP contribution in [0.4, 0.5) is 5.69 Å². The van der Waals surface area contributed by atoms with Crippen LogP contribution < -0.4 is 10.5 Å². The Bertz CT molecular complexity index is 803. The van der Waals surface area contributed by atoms with E-state index in [0.29, 0.717) is 23.5 Å². The van der Waals surface area contributed by atoms with E-state index in [1.165, 1.54) is 0 Å². The van der Waals surface area contributed by atoms with Gasteiger partial charge in [-0.2, -0.15) is 4.98 Å². The highest BCUT2D eigenvalue weighted by molar-refractivity contribution is 7.92. The van der Waals surface area contributed by atoms with Gasteiger partial charge in [0.25, 0.3) is 5.89 Å². The maximum Gasteiger partial charge on any atom is 0.260 e. The molecule has 0 unspecified atom stereocenters. The van der Waals surface area contributed by atoms with Gasteiger partial charge in [0.1, 0.15) is 0 Å². The molecule has 132 valence electrons. The van der Waals surface area contributed by atoms with Crippen molar-refractivity contribution in [2.75, 3.05) is 10.5 Å². The smallest absolute Gasteiger partial charge is 0.260 e. The number of sulfonamides is 1. The van der Waals surface area contributed by atoms with Crippen molar-refractivity contribution in [3.8, 4) is 11.5 Å². The van der Waals surface area contributed by atoms with Crippen molar-refractivity contribution in [2.45, 2.75) is 38.1 Å². The van der Waals surface area contributed by atoms with Crippen molar-refractivity contribution < 1.29 is 12.9 Å². The molecule has 9 heteroatoms. The lowest BCUT2D eigenvalue weighted by Crippen LogP contribution is -2.44. The van der Waals surface area contributed by atoms with Crippen LogP contribution >= 0.6 is 12.4 Å². The van der Waals surface area contributed by atoms with E-state index in [0.717, 1.165) is 19.3 Å². The molecule has 0 atom stereocenters. The number of hydrogen-bond donors (Lipinski definition) is 2. The lowest BCUT2D eigenvalue weighted by molar-refractivity contribution is 0.229. The number of halogens is 1. The van der Waals surface area contributed by atoms with Crippen LogP contribution in [0.25, 0.3) is 11.5 Å². The predicted molar refractivity (Wildman–Crippen MR) is 94.4 cm³/mol. The molecule has 0 bridgehead atoms. The summed E-state index contributed by atoms with van der Waals surface area (Å²) in [6.07, 6.45) is 3.25. The first kappa shape index (κ1) is 18.7. The van der Waals surface area contributed by atoms with Crippen LogP contribution in [0, 0.1) is 0 Å². The third kappa shape index (κ3) is 3.71. The normalized spacial score (nSPS) is 16.1. The molecular formula is C15H21ClN4O3S. The number of nitrogens with two attached hydrogens (primary N) is 1. The molecule has 1 aromatic heterocycles. The van der Waals surface area contributed by atoms with Gasteiger partial charge in [-0.15, -0.1) is 12.4 Å². The highest BCUT2D eigenvalue weighted by Gasteiger charge is 2.39. The number of para-hydroxylation sites is 1. The topological polar surface area (TPSA) is 111 Å². The Labute approximate surface area is 147 Å². The molecule has 1 aliphatic carbocycles. The van der Waals surface area contributed by atoms with Gasteiger partial charge in [0.2, 0.25) is 10.0 Å². The minimum atomic E-state index is -3.39. The summed E-state index contributed by atoms with van der Waals surface area (Å²) in [4.78, 5) is 4.37. The van der Waals surface area contributed by atoms with Crippen molar-refractivity contribution in [3.63, 3.8) is 0 Å². The van der Waals surface area contributed by atoms with Gasteiger partial charge in [0.15, 0.2) is 5.82 Å². The fourth-order valence-corrected chi connectivity index (χ4v) is 3.71. The largest absolute Gasteiger partial charge is 0.334 e. The Morgan fingerprint density at radius 2 is 2.04 bits per heavy atom. The van der Waals surface area contributed by atoms with E-state index in [4.69, 9.17) is 10.3 Å². The number of anilines is 1. The molecule has 1 fully saturated rings. The van der Waals surface area contributed by atoms with E-state index in [1.807, 2.05) is 6.92 Å². The quantitative estimate of drug-likeness (QED) is 0.806. The van der Waals surface area contributed by atoms with E-state index >= 15 is 0 Å². The van der Waals surface area contributed by atoms with Crippen molar-refractivity contribution in [1.29, 1.82) is 0 Å². The van der Waals surface area contributed by atoms with E-state index < -0.39 is 15.6 Å². The molecule has 1 aromatic carbocycles. The Morgan fingerprint density at radius 3 is 2.67 bits per heavy atom. The first-order valence-corrected chi connectivity index (χ1v) is 9.32. The maximum atomic E-state index is 12.0. The fraction of sp³-hybridized carbons (Fsp3) is 0.467. The Kier molecular flexibility index (Phi) is 5.52. The minimum absolute atomic E-state index is 0. The zero-order valence-corrected chi connectivity index (χ0v) is 15.0. The molecule has 0 radical (unpaired) electrons. The minimum Gasteiger partial charge on any atom is -0.334 e. The van der Waals surface area contributed by atoms with Crippen LogP contribution in [0.5, 0.6) is 0 Å². The van der Waals surface area contributed by atoms with Gasteiger partial charge in [-0.1, -0.05) is 24.2 Å².